The highest BCUT2D eigenvalue weighted by Crippen LogP contribution is 2.24. The molecule has 2 aromatic rings. The highest BCUT2D eigenvalue weighted by Gasteiger charge is 2.18. The van der Waals surface area contributed by atoms with Crippen LogP contribution >= 0.6 is 0 Å². The standard InChI is InChI=1S/C23H26O10/c1-3-16(24)11-31-21(27)14-4-6-15(7-5-14)22(28)32-12-17(25)13-33-23(29)19-9-8-18(30-2)10-20(19)26/h4-10,16-17,24-26H,3,11-13H2,1-2H3. The third-order valence-corrected chi connectivity index (χ3v) is 4.47. The molecule has 0 bridgehead atoms. The topological polar surface area (TPSA) is 149 Å². The van der Waals surface area contributed by atoms with Gasteiger partial charge in [-0.15, -0.1) is 0 Å². The summed E-state index contributed by atoms with van der Waals surface area (Å²) < 4.78 is 19.8. The van der Waals surface area contributed by atoms with Crippen molar-refractivity contribution in [2.45, 2.75) is 25.6 Å². The number of rotatable bonds is 11. The van der Waals surface area contributed by atoms with Gasteiger partial charge in [0.1, 0.15) is 43.0 Å². The largest absolute Gasteiger partial charge is 0.507 e. The molecule has 10 heteroatoms. The Kier molecular flexibility index (Phi) is 9.64. The number of carbonyl (C=O) groups excluding carboxylic acids is 3. The Morgan fingerprint density at radius 3 is 1.73 bits per heavy atom. The van der Waals surface area contributed by atoms with Crippen molar-refractivity contribution in [1.29, 1.82) is 0 Å². The molecule has 2 aromatic carbocycles. The van der Waals surface area contributed by atoms with Gasteiger partial charge in [0, 0.05) is 6.07 Å². The molecule has 33 heavy (non-hydrogen) atoms. The number of hydrogen-bond donors (Lipinski definition) is 3. The predicted octanol–water partition coefficient (Wildman–Crippen LogP) is 1.70. The van der Waals surface area contributed by atoms with E-state index in [1.54, 1.807) is 6.92 Å². The smallest absolute Gasteiger partial charge is 0.342 e. The number of methoxy groups -OCH3 is 1. The quantitative estimate of drug-likeness (QED) is 0.333. The molecule has 178 valence electrons. The van der Waals surface area contributed by atoms with Gasteiger partial charge in [0.05, 0.1) is 24.3 Å². The molecule has 0 saturated carbocycles. The maximum atomic E-state index is 12.1. The second kappa shape index (κ2) is 12.4. The number of hydrogen-bond acceptors (Lipinski definition) is 10. The van der Waals surface area contributed by atoms with Crippen LogP contribution in [0.2, 0.25) is 0 Å². The fourth-order valence-electron chi connectivity index (χ4n) is 2.48. The number of aromatic hydroxyl groups is 1. The lowest BCUT2D eigenvalue weighted by molar-refractivity contribution is -0.00482. The van der Waals surface area contributed by atoms with E-state index in [-0.39, 0.29) is 29.0 Å². The zero-order chi connectivity index (χ0) is 24.4. The molecule has 0 aromatic heterocycles. The van der Waals surface area contributed by atoms with Gasteiger partial charge in [0.15, 0.2) is 0 Å². The fourth-order valence-corrected chi connectivity index (χ4v) is 2.48. The summed E-state index contributed by atoms with van der Waals surface area (Å²) in [6, 6.07) is 9.48. The van der Waals surface area contributed by atoms with Crippen LogP contribution in [0.4, 0.5) is 0 Å². The van der Waals surface area contributed by atoms with Crippen molar-refractivity contribution in [2.75, 3.05) is 26.9 Å². The van der Waals surface area contributed by atoms with E-state index in [0.717, 1.165) is 0 Å². The Bertz CT molecular complexity index is 954. The van der Waals surface area contributed by atoms with Crippen LogP contribution in [-0.2, 0) is 14.2 Å². The second-order valence-corrected chi connectivity index (χ2v) is 6.97. The lowest BCUT2D eigenvalue weighted by atomic mass is 10.1. The van der Waals surface area contributed by atoms with Crippen LogP contribution in [-0.4, -0.2) is 72.4 Å². The highest BCUT2D eigenvalue weighted by atomic mass is 16.6. The number of ether oxygens (including phenoxy) is 4. The molecule has 0 fully saturated rings. The summed E-state index contributed by atoms with van der Waals surface area (Å²) in [6.45, 7) is 0.719. The van der Waals surface area contributed by atoms with E-state index in [0.29, 0.717) is 12.2 Å². The first kappa shape index (κ1) is 25.6. The molecular weight excluding hydrogens is 436 g/mol. The average Bonchev–Trinajstić information content (AvgIpc) is 2.83. The molecule has 10 nitrogen and oxygen atoms in total. The summed E-state index contributed by atoms with van der Waals surface area (Å²) in [5.74, 6) is -2.24. The molecule has 0 spiro atoms. The Labute approximate surface area is 190 Å². The van der Waals surface area contributed by atoms with Gasteiger partial charge in [0.25, 0.3) is 0 Å². The molecule has 2 rings (SSSR count). The zero-order valence-corrected chi connectivity index (χ0v) is 18.2. The van der Waals surface area contributed by atoms with Crippen LogP contribution in [0.5, 0.6) is 11.5 Å². The summed E-state index contributed by atoms with van der Waals surface area (Å²) in [6.07, 6.45) is -1.58. The Morgan fingerprint density at radius 2 is 1.27 bits per heavy atom. The van der Waals surface area contributed by atoms with Gasteiger partial charge in [-0.1, -0.05) is 6.92 Å². The van der Waals surface area contributed by atoms with Gasteiger partial charge in [-0.2, -0.15) is 0 Å². The van der Waals surface area contributed by atoms with E-state index in [9.17, 15) is 29.7 Å². The van der Waals surface area contributed by atoms with Crippen LogP contribution < -0.4 is 4.74 Å². The molecule has 0 amide bonds. The summed E-state index contributed by atoms with van der Waals surface area (Å²) in [7, 11) is 1.41. The number of esters is 3. The lowest BCUT2D eigenvalue weighted by Gasteiger charge is -2.13. The van der Waals surface area contributed by atoms with Crippen molar-refractivity contribution in [3.63, 3.8) is 0 Å². The van der Waals surface area contributed by atoms with Crippen molar-refractivity contribution in [3.8, 4) is 11.5 Å². The van der Waals surface area contributed by atoms with Crippen LogP contribution in [0.1, 0.15) is 44.4 Å². The summed E-state index contributed by atoms with van der Waals surface area (Å²) in [5, 5.41) is 29.2. The van der Waals surface area contributed by atoms with Crippen molar-refractivity contribution in [3.05, 3.63) is 59.2 Å². The molecule has 0 radical (unpaired) electrons. The number of benzene rings is 2. The minimum absolute atomic E-state index is 0.109. The molecule has 0 aliphatic rings. The average molecular weight is 462 g/mol. The summed E-state index contributed by atoms with van der Waals surface area (Å²) >= 11 is 0. The van der Waals surface area contributed by atoms with Gasteiger partial charge in [0.2, 0.25) is 0 Å². The minimum atomic E-state index is -1.29. The van der Waals surface area contributed by atoms with Crippen LogP contribution in [0.3, 0.4) is 0 Å². The summed E-state index contributed by atoms with van der Waals surface area (Å²) in [4.78, 5) is 36.0. The molecule has 3 N–H and O–H groups in total. The van der Waals surface area contributed by atoms with Crippen molar-refractivity contribution >= 4 is 17.9 Å². The van der Waals surface area contributed by atoms with Crippen LogP contribution in [0.25, 0.3) is 0 Å². The maximum Gasteiger partial charge on any atom is 0.342 e. The monoisotopic (exact) mass is 462 g/mol. The van der Waals surface area contributed by atoms with Gasteiger partial charge < -0.3 is 34.3 Å². The van der Waals surface area contributed by atoms with Gasteiger partial charge >= 0.3 is 17.9 Å². The second-order valence-electron chi connectivity index (χ2n) is 6.97. The normalized spacial score (nSPS) is 12.4. The van der Waals surface area contributed by atoms with Gasteiger partial charge in [-0.3, -0.25) is 0 Å². The van der Waals surface area contributed by atoms with Crippen molar-refractivity contribution in [1.82, 2.24) is 0 Å². The third kappa shape index (κ3) is 7.78. The van der Waals surface area contributed by atoms with Crippen LogP contribution in [0, 0.1) is 0 Å². The number of phenols is 1. The minimum Gasteiger partial charge on any atom is -0.507 e. The van der Waals surface area contributed by atoms with Crippen molar-refractivity contribution in [2.24, 2.45) is 0 Å². The van der Waals surface area contributed by atoms with Crippen molar-refractivity contribution < 1.29 is 48.7 Å². The number of carbonyl (C=O) groups is 3. The molecule has 0 aliphatic carbocycles. The van der Waals surface area contributed by atoms with E-state index in [2.05, 4.69) is 0 Å². The molecule has 0 aliphatic heterocycles. The van der Waals surface area contributed by atoms with Gasteiger partial charge in [-0.25, -0.2) is 14.4 Å². The molecule has 0 heterocycles. The highest BCUT2D eigenvalue weighted by molar-refractivity contribution is 5.93. The first-order valence-corrected chi connectivity index (χ1v) is 10.1. The fraction of sp³-hybridized carbons (Fsp3) is 0.348. The van der Waals surface area contributed by atoms with E-state index in [1.165, 1.54) is 49.6 Å². The molecule has 0 saturated heterocycles. The first-order valence-electron chi connectivity index (χ1n) is 10.1. The van der Waals surface area contributed by atoms with E-state index in [1.807, 2.05) is 0 Å². The Morgan fingerprint density at radius 1 is 0.788 bits per heavy atom. The first-order chi connectivity index (χ1) is 15.7. The van der Waals surface area contributed by atoms with E-state index < -0.39 is 43.3 Å². The maximum absolute atomic E-state index is 12.1. The molecule has 2 unspecified atom stereocenters. The Hall–Kier alpha value is -3.63. The zero-order valence-electron chi connectivity index (χ0n) is 18.2. The molecule has 2 atom stereocenters. The van der Waals surface area contributed by atoms with E-state index >= 15 is 0 Å². The third-order valence-electron chi connectivity index (χ3n) is 4.47. The summed E-state index contributed by atoms with van der Waals surface area (Å²) in [5.41, 5.74) is 0.221. The number of aliphatic hydroxyl groups excluding tert-OH is 2. The van der Waals surface area contributed by atoms with Gasteiger partial charge in [-0.05, 0) is 42.8 Å². The Balaban J connectivity index is 1.79. The number of phenolic OH excluding ortho intramolecular Hbond substituents is 1. The lowest BCUT2D eigenvalue weighted by Crippen LogP contribution is -2.25. The SMILES string of the molecule is CCC(O)COC(=O)c1ccc(C(=O)OCC(O)COC(=O)c2ccc(OC)cc2O)cc1. The predicted molar refractivity (Wildman–Crippen MR) is 114 cm³/mol. The van der Waals surface area contributed by atoms with Crippen LogP contribution in [0.15, 0.2) is 42.5 Å². The molecular formula is C23H26O10. The number of aliphatic hydroxyl groups is 2. The van der Waals surface area contributed by atoms with E-state index in [4.69, 9.17) is 18.9 Å².